The zero-order valence-corrected chi connectivity index (χ0v) is 11.9. The molecule has 1 heterocycles. The predicted molar refractivity (Wildman–Crippen MR) is 76.5 cm³/mol. The van der Waals surface area contributed by atoms with Crippen LogP contribution in [0.2, 0.25) is 5.02 Å². The van der Waals surface area contributed by atoms with Crippen molar-refractivity contribution >= 4 is 23.4 Å². The summed E-state index contributed by atoms with van der Waals surface area (Å²) in [7, 11) is 3.91. The van der Waals surface area contributed by atoms with Crippen LogP contribution in [0.3, 0.4) is 0 Å². The zero-order chi connectivity index (χ0) is 13.0. The van der Waals surface area contributed by atoms with E-state index in [1.807, 2.05) is 7.05 Å². The zero-order valence-electron chi connectivity index (χ0n) is 11.1. The summed E-state index contributed by atoms with van der Waals surface area (Å²) in [4.78, 5) is 10.8. The number of anilines is 2. The minimum Gasteiger partial charge on any atom is -0.357 e. The fraction of sp³-hybridized carbons (Fsp3) is 0.692. The van der Waals surface area contributed by atoms with Crippen LogP contribution in [0.5, 0.6) is 0 Å². The van der Waals surface area contributed by atoms with E-state index in [1.165, 1.54) is 38.5 Å². The Kier molecular flexibility index (Phi) is 4.64. The van der Waals surface area contributed by atoms with Gasteiger partial charge in [-0.05, 0) is 12.8 Å². The van der Waals surface area contributed by atoms with Crippen molar-refractivity contribution in [2.45, 2.75) is 44.6 Å². The first-order chi connectivity index (χ1) is 8.72. The molecule has 4 nitrogen and oxygen atoms in total. The number of nitrogens with zero attached hydrogens (tertiary/aromatic N) is 3. The van der Waals surface area contributed by atoms with Gasteiger partial charge in [-0.15, -0.1) is 0 Å². The molecule has 0 bridgehead atoms. The SMILES string of the molecule is CNc1ncc(Cl)c(N(C)C2CCCCCC2)n1. The second kappa shape index (κ2) is 6.23. The summed E-state index contributed by atoms with van der Waals surface area (Å²) in [6.07, 6.45) is 9.43. The second-order valence-corrected chi connectivity index (χ2v) is 5.28. The molecule has 100 valence electrons. The highest BCUT2D eigenvalue weighted by molar-refractivity contribution is 6.32. The summed E-state index contributed by atoms with van der Waals surface area (Å²) in [5.41, 5.74) is 0. The highest BCUT2D eigenvalue weighted by Crippen LogP contribution is 2.29. The Balaban J connectivity index is 2.18. The summed E-state index contributed by atoms with van der Waals surface area (Å²) in [6, 6.07) is 0.546. The van der Waals surface area contributed by atoms with Gasteiger partial charge in [-0.1, -0.05) is 37.3 Å². The van der Waals surface area contributed by atoms with Gasteiger partial charge in [0.05, 0.1) is 6.20 Å². The minimum absolute atomic E-state index is 0.546. The predicted octanol–water partition coefficient (Wildman–Crippen LogP) is 3.33. The molecule has 1 fully saturated rings. The number of aromatic nitrogens is 2. The van der Waals surface area contributed by atoms with Crippen LogP contribution in [0.1, 0.15) is 38.5 Å². The molecule has 0 unspecified atom stereocenters. The normalized spacial score (nSPS) is 17.3. The molecule has 0 amide bonds. The molecule has 0 aliphatic heterocycles. The quantitative estimate of drug-likeness (QED) is 0.854. The van der Waals surface area contributed by atoms with Crippen LogP contribution in [0.4, 0.5) is 11.8 Å². The van der Waals surface area contributed by atoms with Crippen molar-refractivity contribution in [3.8, 4) is 0 Å². The van der Waals surface area contributed by atoms with Gasteiger partial charge in [-0.3, -0.25) is 0 Å². The van der Waals surface area contributed by atoms with Crippen LogP contribution in [-0.4, -0.2) is 30.1 Å². The molecule has 1 saturated carbocycles. The number of halogens is 1. The molecule has 1 N–H and O–H groups in total. The van der Waals surface area contributed by atoms with Gasteiger partial charge in [-0.25, -0.2) is 4.98 Å². The van der Waals surface area contributed by atoms with E-state index in [4.69, 9.17) is 11.6 Å². The smallest absolute Gasteiger partial charge is 0.224 e. The summed E-state index contributed by atoms with van der Waals surface area (Å²) in [6.45, 7) is 0. The van der Waals surface area contributed by atoms with Crippen molar-refractivity contribution in [3.63, 3.8) is 0 Å². The van der Waals surface area contributed by atoms with Crippen molar-refractivity contribution in [2.75, 3.05) is 24.3 Å². The van der Waals surface area contributed by atoms with E-state index in [9.17, 15) is 0 Å². The molecule has 1 aliphatic carbocycles. The summed E-state index contributed by atoms with van der Waals surface area (Å²) >= 11 is 6.21. The van der Waals surface area contributed by atoms with Gasteiger partial charge in [0.15, 0.2) is 5.82 Å². The topological polar surface area (TPSA) is 41.1 Å². The van der Waals surface area contributed by atoms with Crippen molar-refractivity contribution in [1.29, 1.82) is 0 Å². The van der Waals surface area contributed by atoms with E-state index in [1.54, 1.807) is 6.20 Å². The molecular formula is C13H21ClN4. The Bertz CT molecular complexity index is 389. The van der Waals surface area contributed by atoms with E-state index in [-0.39, 0.29) is 0 Å². The van der Waals surface area contributed by atoms with Gasteiger partial charge in [0.25, 0.3) is 0 Å². The first-order valence-corrected chi connectivity index (χ1v) is 7.03. The molecular weight excluding hydrogens is 248 g/mol. The Morgan fingerprint density at radius 3 is 2.56 bits per heavy atom. The van der Waals surface area contributed by atoms with Crippen molar-refractivity contribution in [2.24, 2.45) is 0 Å². The molecule has 1 aromatic rings. The van der Waals surface area contributed by atoms with Crippen LogP contribution >= 0.6 is 11.6 Å². The molecule has 0 spiro atoms. The summed E-state index contributed by atoms with van der Waals surface area (Å²) in [5, 5.41) is 3.58. The lowest BCUT2D eigenvalue weighted by Gasteiger charge is -2.28. The van der Waals surface area contributed by atoms with Crippen LogP contribution in [0.25, 0.3) is 0 Å². The molecule has 0 saturated heterocycles. The molecule has 18 heavy (non-hydrogen) atoms. The molecule has 1 aromatic heterocycles. The average Bonchev–Trinajstić information content (AvgIpc) is 2.67. The lowest BCUT2D eigenvalue weighted by atomic mass is 10.1. The monoisotopic (exact) mass is 268 g/mol. The largest absolute Gasteiger partial charge is 0.357 e. The van der Waals surface area contributed by atoms with Crippen molar-refractivity contribution in [1.82, 2.24) is 9.97 Å². The summed E-state index contributed by atoms with van der Waals surface area (Å²) < 4.78 is 0. The molecule has 5 heteroatoms. The van der Waals surface area contributed by atoms with Crippen molar-refractivity contribution in [3.05, 3.63) is 11.2 Å². The number of hydrogen-bond acceptors (Lipinski definition) is 4. The Morgan fingerprint density at radius 1 is 1.28 bits per heavy atom. The number of nitrogens with one attached hydrogen (secondary N) is 1. The van der Waals surface area contributed by atoms with Gasteiger partial charge < -0.3 is 10.2 Å². The highest BCUT2D eigenvalue weighted by Gasteiger charge is 2.20. The average molecular weight is 269 g/mol. The number of hydrogen-bond donors (Lipinski definition) is 1. The van der Waals surface area contributed by atoms with Crippen LogP contribution < -0.4 is 10.2 Å². The highest BCUT2D eigenvalue weighted by atomic mass is 35.5. The van der Waals surface area contributed by atoms with E-state index < -0.39 is 0 Å². The lowest BCUT2D eigenvalue weighted by molar-refractivity contribution is 0.549. The maximum absolute atomic E-state index is 6.21. The standard InChI is InChI=1S/C13H21ClN4/c1-15-13-16-9-11(14)12(17-13)18(2)10-7-5-3-4-6-8-10/h9-10H,3-8H2,1-2H3,(H,15,16,17). The third-order valence-electron chi connectivity index (χ3n) is 3.66. The Labute approximate surface area is 114 Å². The first kappa shape index (κ1) is 13.4. The maximum Gasteiger partial charge on any atom is 0.224 e. The second-order valence-electron chi connectivity index (χ2n) is 4.87. The fourth-order valence-corrected chi connectivity index (χ4v) is 2.77. The maximum atomic E-state index is 6.21. The summed E-state index contributed by atoms with van der Waals surface area (Å²) in [5.74, 6) is 1.46. The van der Waals surface area contributed by atoms with E-state index in [0.717, 1.165) is 5.82 Å². The third-order valence-corrected chi connectivity index (χ3v) is 3.92. The van der Waals surface area contributed by atoms with Crippen LogP contribution in [0, 0.1) is 0 Å². The first-order valence-electron chi connectivity index (χ1n) is 6.65. The van der Waals surface area contributed by atoms with Crippen molar-refractivity contribution < 1.29 is 0 Å². The minimum atomic E-state index is 0.546. The van der Waals surface area contributed by atoms with E-state index in [0.29, 0.717) is 17.0 Å². The van der Waals surface area contributed by atoms with Crippen LogP contribution in [0.15, 0.2) is 6.20 Å². The van der Waals surface area contributed by atoms with Crippen LogP contribution in [-0.2, 0) is 0 Å². The van der Waals surface area contributed by atoms with Gasteiger partial charge in [-0.2, -0.15) is 4.98 Å². The fourth-order valence-electron chi connectivity index (χ4n) is 2.54. The molecule has 0 aromatic carbocycles. The number of rotatable bonds is 3. The van der Waals surface area contributed by atoms with Gasteiger partial charge in [0, 0.05) is 20.1 Å². The van der Waals surface area contributed by atoms with E-state index in [2.05, 4.69) is 27.2 Å². The van der Waals surface area contributed by atoms with Gasteiger partial charge >= 0.3 is 0 Å². The molecule has 2 rings (SSSR count). The Morgan fingerprint density at radius 2 is 1.94 bits per heavy atom. The molecule has 1 aliphatic rings. The third kappa shape index (κ3) is 3.05. The Hall–Kier alpha value is -1.03. The molecule has 0 radical (unpaired) electrons. The molecule has 0 atom stereocenters. The lowest BCUT2D eigenvalue weighted by Crippen LogP contribution is -2.32. The van der Waals surface area contributed by atoms with Gasteiger partial charge in [0.1, 0.15) is 5.02 Å². The van der Waals surface area contributed by atoms with Gasteiger partial charge in [0.2, 0.25) is 5.95 Å². The van der Waals surface area contributed by atoms with E-state index >= 15 is 0 Å².